The van der Waals surface area contributed by atoms with Crippen molar-refractivity contribution in [2.24, 2.45) is 0 Å². The Morgan fingerprint density at radius 1 is 1.44 bits per heavy atom. The third-order valence-corrected chi connectivity index (χ3v) is 2.26. The van der Waals surface area contributed by atoms with Crippen molar-refractivity contribution >= 4 is 16.8 Å². The molecule has 2 N–H and O–H groups in total. The first-order valence-corrected chi connectivity index (χ1v) is 4.63. The van der Waals surface area contributed by atoms with Crippen molar-refractivity contribution in [3.8, 4) is 5.75 Å². The molecule has 0 unspecified atom stereocenters. The second-order valence-electron chi connectivity index (χ2n) is 3.22. The van der Waals surface area contributed by atoms with Crippen molar-refractivity contribution in [2.45, 2.75) is 0 Å². The van der Waals surface area contributed by atoms with Crippen molar-refractivity contribution in [2.75, 3.05) is 7.11 Å². The lowest BCUT2D eigenvalue weighted by molar-refractivity contribution is 0.0706. The van der Waals surface area contributed by atoms with Gasteiger partial charge in [-0.3, -0.25) is 15.0 Å². The molecule has 0 atom stereocenters. The average Bonchev–Trinajstić information content (AvgIpc) is 2.36. The number of nitrogens with zero attached hydrogens (tertiary/aromatic N) is 1. The number of nitrogens with one attached hydrogen (secondary N) is 1. The summed E-state index contributed by atoms with van der Waals surface area (Å²) in [5, 5.41) is 9.30. The van der Waals surface area contributed by atoms with Crippen LogP contribution in [0, 0.1) is 0 Å². The number of carbonyl (C=O) groups excluding carboxylic acids is 1. The summed E-state index contributed by atoms with van der Waals surface area (Å²) in [5.41, 5.74) is 2.60. The number of hydroxylamine groups is 1. The molecule has 0 bridgehead atoms. The van der Waals surface area contributed by atoms with E-state index < -0.39 is 5.91 Å². The van der Waals surface area contributed by atoms with Crippen LogP contribution in [0.5, 0.6) is 5.75 Å². The largest absolute Gasteiger partial charge is 0.497 e. The van der Waals surface area contributed by atoms with Crippen LogP contribution in [0.1, 0.15) is 10.4 Å². The lowest BCUT2D eigenvalue weighted by Crippen LogP contribution is -2.18. The standard InChI is InChI=1S/C11H10N2O3/c1-16-9-3-2-7-4-8(11(14)13-15)6-12-10(7)5-9/h2-6,15H,1H3,(H,13,14). The Balaban J connectivity index is 2.51. The molecule has 5 heteroatoms. The molecule has 0 radical (unpaired) electrons. The summed E-state index contributed by atoms with van der Waals surface area (Å²) in [6.45, 7) is 0. The number of benzene rings is 1. The van der Waals surface area contributed by atoms with Gasteiger partial charge in [-0.2, -0.15) is 0 Å². The van der Waals surface area contributed by atoms with Crippen LogP contribution < -0.4 is 10.2 Å². The summed E-state index contributed by atoms with van der Waals surface area (Å²) in [4.78, 5) is 15.3. The van der Waals surface area contributed by atoms with Gasteiger partial charge in [-0.05, 0) is 18.2 Å². The van der Waals surface area contributed by atoms with Crippen LogP contribution in [0.3, 0.4) is 0 Å². The highest BCUT2D eigenvalue weighted by atomic mass is 16.5. The Bertz CT molecular complexity index is 540. The maximum Gasteiger partial charge on any atom is 0.276 e. The smallest absolute Gasteiger partial charge is 0.276 e. The summed E-state index contributed by atoms with van der Waals surface area (Å²) in [5.74, 6) is 0.129. The fourth-order valence-electron chi connectivity index (χ4n) is 1.42. The SMILES string of the molecule is COc1ccc2cc(C(=O)NO)cnc2c1. The minimum atomic E-state index is -0.579. The highest BCUT2D eigenvalue weighted by molar-refractivity contribution is 5.96. The summed E-state index contributed by atoms with van der Waals surface area (Å²) in [7, 11) is 1.58. The van der Waals surface area contributed by atoms with Crippen molar-refractivity contribution in [3.05, 3.63) is 36.0 Å². The topological polar surface area (TPSA) is 71.5 Å². The van der Waals surface area contributed by atoms with Gasteiger partial charge in [0, 0.05) is 17.6 Å². The third kappa shape index (κ3) is 1.80. The molecule has 2 rings (SSSR count). The van der Waals surface area contributed by atoms with E-state index in [1.54, 1.807) is 36.9 Å². The highest BCUT2D eigenvalue weighted by Gasteiger charge is 2.06. The van der Waals surface area contributed by atoms with E-state index in [9.17, 15) is 4.79 Å². The van der Waals surface area contributed by atoms with E-state index in [0.29, 0.717) is 11.3 Å². The predicted molar refractivity (Wildman–Crippen MR) is 57.5 cm³/mol. The van der Waals surface area contributed by atoms with Crippen molar-refractivity contribution in [1.82, 2.24) is 10.5 Å². The van der Waals surface area contributed by atoms with Crippen LogP contribution in [-0.4, -0.2) is 23.2 Å². The Morgan fingerprint density at radius 3 is 2.94 bits per heavy atom. The molecule has 0 aliphatic carbocycles. The van der Waals surface area contributed by atoms with Crippen molar-refractivity contribution < 1.29 is 14.7 Å². The monoisotopic (exact) mass is 218 g/mol. The minimum Gasteiger partial charge on any atom is -0.497 e. The first kappa shape index (κ1) is 10.4. The van der Waals surface area contributed by atoms with E-state index in [1.807, 2.05) is 0 Å². The second kappa shape index (κ2) is 4.16. The highest BCUT2D eigenvalue weighted by Crippen LogP contribution is 2.19. The molecule has 0 saturated heterocycles. The van der Waals surface area contributed by atoms with Crippen LogP contribution in [0.25, 0.3) is 10.9 Å². The number of hydrogen-bond acceptors (Lipinski definition) is 4. The molecule has 1 aromatic heterocycles. The summed E-state index contributed by atoms with van der Waals surface area (Å²) >= 11 is 0. The number of hydrogen-bond donors (Lipinski definition) is 2. The molecule has 0 saturated carbocycles. The summed E-state index contributed by atoms with van der Waals surface area (Å²) in [6, 6.07) is 7.00. The van der Waals surface area contributed by atoms with Crippen LogP contribution in [0.4, 0.5) is 0 Å². The lowest BCUT2D eigenvalue weighted by Gasteiger charge is -2.03. The third-order valence-electron chi connectivity index (χ3n) is 2.26. The maximum atomic E-state index is 11.2. The number of amides is 1. The van der Waals surface area contributed by atoms with Gasteiger partial charge in [-0.1, -0.05) is 0 Å². The van der Waals surface area contributed by atoms with Gasteiger partial charge in [-0.25, -0.2) is 5.48 Å². The Morgan fingerprint density at radius 2 is 2.25 bits per heavy atom. The summed E-state index contributed by atoms with van der Waals surface area (Å²) in [6.07, 6.45) is 1.40. The number of rotatable bonds is 2. The molecule has 2 aromatic rings. The Kier molecular flexibility index (Phi) is 2.70. The zero-order valence-corrected chi connectivity index (χ0v) is 8.60. The van der Waals surface area contributed by atoms with Gasteiger partial charge in [0.2, 0.25) is 0 Å². The Hall–Kier alpha value is -2.14. The van der Waals surface area contributed by atoms with Gasteiger partial charge in [0.15, 0.2) is 0 Å². The van der Waals surface area contributed by atoms with E-state index in [2.05, 4.69) is 4.98 Å². The van der Waals surface area contributed by atoms with Gasteiger partial charge < -0.3 is 4.74 Å². The quantitative estimate of drug-likeness (QED) is 0.589. The van der Waals surface area contributed by atoms with Gasteiger partial charge in [-0.15, -0.1) is 0 Å². The van der Waals surface area contributed by atoms with Crippen molar-refractivity contribution in [3.63, 3.8) is 0 Å². The van der Waals surface area contributed by atoms with Crippen LogP contribution >= 0.6 is 0 Å². The van der Waals surface area contributed by atoms with Crippen molar-refractivity contribution in [1.29, 1.82) is 0 Å². The first-order chi connectivity index (χ1) is 7.74. The average molecular weight is 218 g/mol. The molecule has 5 nitrogen and oxygen atoms in total. The lowest BCUT2D eigenvalue weighted by atomic mass is 10.1. The molecule has 82 valence electrons. The van der Waals surface area contributed by atoms with E-state index >= 15 is 0 Å². The van der Waals surface area contributed by atoms with Gasteiger partial charge in [0.25, 0.3) is 5.91 Å². The molecule has 16 heavy (non-hydrogen) atoms. The maximum absolute atomic E-state index is 11.2. The molecule has 1 aromatic carbocycles. The zero-order valence-electron chi connectivity index (χ0n) is 8.60. The number of fused-ring (bicyclic) bond motifs is 1. The normalized spacial score (nSPS) is 10.1. The van der Waals surface area contributed by atoms with Gasteiger partial charge in [0.05, 0.1) is 18.2 Å². The number of carbonyl (C=O) groups is 1. The van der Waals surface area contributed by atoms with Gasteiger partial charge >= 0.3 is 0 Å². The first-order valence-electron chi connectivity index (χ1n) is 4.63. The van der Waals surface area contributed by atoms with E-state index in [1.165, 1.54) is 6.20 Å². The second-order valence-corrected chi connectivity index (χ2v) is 3.22. The zero-order chi connectivity index (χ0) is 11.5. The molecular formula is C11H10N2O3. The predicted octanol–water partition coefficient (Wildman–Crippen LogP) is 1.36. The fourth-order valence-corrected chi connectivity index (χ4v) is 1.42. The van der Waals surface area contributed by atoms with E-state index in [-0.39, 0.29) is 0 Å². The Labute approximate surface area is 91.6 Å². The van der Waals surface area contributed by atoms with Crippen LogP contribution in [0.2, 0.25) is 0 Å². The molecule has 1 heterocycles. The fraction of sp³-hybridized carbons (Fsp3) is 0.0909. The molecule has 0 aliphatic heterocycles. The molecule has 0 fully saturated rings. The minimum absolute atomic E-state index is 0.306. The van der Waals surface area contributed by atoms with E-state index in [0.717, 1.165) is 10.9 Å². The number of ether oxygens (including phenoxy) is 1. The van der Waals surface area contributed by atoms with E-state index in [4.69, 9.17) is 9.94 Å². The molecular weight excluding hydrogens is 208 g/mol. The number of aromatic nitrogens is 1. The van der Waals surface area contributed by atoms with Crippen LogP contribution in [-0.2, 0) is 0 Å². The van der Waals surface area contributed by atoms with Crippen LogP contribution in [0.15, 0.2) is 30.5 Å². The van der Waals surface area contributed by atoms with Gasteiger partial charge in [0.1, 0.15) is 5.75 Å². The number of pyridine rings is 1. The molecule has 0 spiro atoms. The summed E-state index contributed by atoms with van der Waals surface area (Å²) < 4.78 is 5.06. The molecule has 0 aliphatic rings. The number of methoxy groups -OCH3 is 1. The molecule has 1 amide bonds.